The van der Waals surface area contributed by atoms with Crippen LogP contribution in [0, 0.1) is 5.92 Å². The van der Waals surface area contributed by atoms with Crippen LogP contribution in [-0.4, -0.2) is 43.3 Å². The highest BCUT2D eigenvalue weighted by atomic mass is 16.4. The molecule has 0 saturated heterocycles. The molecule has 3 aromatic heterocycles. The highest BCUT2D eigenvalue weighted by Crippen LogP contribution is 2.23. The number of carboxylic acids is 1. The molecule has 0 spiro atoms. The Bertz CT molecular complexity index is 1020. The van der Waals surface area contributed by atoms with Gasteiger partial charge in [0.05, 0.1) is 12.0 Å². The molecule has 0 aliphatic heterocycles. The summed E-state index contributed by atoms with van der Waals surface area (Å²) >= 11 is 0. The standard InChI is InChI=1S/C17H17N5O5/c1-8(2)12(17(25)26)21-16(24)9-6-10(11-4-3-5-27-11)22-7-19-13(14(18)23)15(22)20-9/h3-8,12H,1-2H3,(H2,18,23)(H,21,24)(H,25,26)/t12-/m1/s1. The number of carboxylic acid groups (broad SMARTS) is 1. The lowest BCUT2D eigenvalue weighted by Gasteiger charge is -2.17. The molecule has 2 amide bonds. The summed E-state index contributed by atoms with van der Waals surface area (Å²) in [5.41, 5.74) is 5.59. The Hall–Kier alpha value is -3.69. The van der Waals surface area contributed by atoms with Crippen molar-refractivity contribution in [3.05, 3.63) is 42.2 Å². The fourth-order valence-electron chi connectivity index (χ4n) is 2.60. The Labute approximate surface area is 153 Å². The third kappa shape index (κ3) is 3.36. The number of fused-ring (bicyclic) bond motifs is 1. The SMILES string of the molecule is CC(C)[C@@H](NC(=O)c1cc(-c2ccco2)n2cnc(C(N)=O)c2n1)C(=O)O. The topological polar surface area (TPSA) is 153 Å². The lowest BCUT2D eigenvalue weighted by molar-refractivity contribution is -0.140. The van der Waals surface area contributed by atoms with Gasteiger partial charge in [0.25, 0.3) is 11.8 Å². The monoisotopic (exact) mass is 371 g/mol. The lowest BCUT2D eigenvalue weighted by atomic mass is 10.0. The van der Waals surface area contributed by atoms with Gasteiger partial charge in [-0.3, -0.25) is 14.0 Å². The molecule has 0 aromatic carbocycles. The van der Waals surface area contributed by atoms with E-state index in [0.29, 0.717) is 11.5 Å². The highest BCUT2D eigenvalue weighted by Gasteiger charge is 2.26. The summed E-state index contributed by atoms with van der Waals surface area (Å²) in [7, 11) is 0. The van der Waals surface area contributed by atoms with E-state index in [-0.39, 0.29) is 23.0 Å². The molecule has 140 valence electrons. The minimum Gasteiger partial charge on any atom is -0.480 e. The van der Waals surface area contributed by atoms with Crippen molar-refractivity contribution in [2.24, 2.45) is 11.7 Å². The number of carbonyl (C=O) groups is 3. The van der Waals surface area contributed by atoms with Crippen LogP contribution < -0.4 is 11.1 Å². The number of primary amides is 1. The van der Waals surface area contributed by atoms with Gasteiger partial charge < -0.3 is 20.6 Å². The van der Waals surface area contributed by atoms with E-state index in [1.165, 1.54) is 23.1 Å². The fourth-order valence-corrected chi connectivity index (χ4v) is 2.60. The zero-order valence-electron chi connectivity index (χ0n) is 14.5. The number of nitrogens with zero attached hydrogens (tertiary/aromatic N) is 3. The average molecular weight is 371 g/mol. The van der Waals surface area contributed by atoms with Crippen LogP contribution in [-0.2, 0) is 4.79 Å². The number of nitrogens with two attached hydrogens (primary N) is 1. The van der Waals surface area contributed by atoms with Gasteiger partial charge in [-0.15, -0.1) is 0 Å². The summed E-state index contributed by atoms with van der Waals surface area (Å²) in [5, 5.41) is 11.7. The van der Waals surface area contributed by atoms with Crippen LogP contribution in [0.5, 0.6) is 0 Å². The molecular formula is C17H17N5O5. The average Bonchev–Trinajstić information content (AvgIpc) is 3.27. The van der Waals surface area contributed by atoms with Crippen LogP contribution in [0.15, 0.2) is 35.2 Å². The van der Waals surface area contributed by atoms with E-state index >= 15 is 0 Å². The number of rotatable bonds is 6. The predicted molar refractivity (Wildman–Crippen MR) is 92.9 cm³/mol. The second-order valence-electron chi connectivity index (χ2n) is 6.19. The van der Waals surface area contributed by atoms with Gasteiger partial charge in [0, 0.05) is 0 Å². The largest absolute Gasteiger partial charge is 0.480 e. The number of nitrogens with one attached hydrogen (secondary N) is 1. The zero-order valence-corrected chi connectivity index (χ0v) is 14.5. The second kappa shape index (κ2) is 6.90. The quantitative estimate of drug-likeness (QED) is 0.582. The van der Waals surface area contributed by atoms with Crippen LogP contribution in [0.1, 0.15) is 34.8 Å². The maximum atomic E-state index is 12.6. The van der Waals surface area contributed by atoms with E-state index in [4.69, 9.17) is 10.2 Å². The van der Waals surface area contributed by atoms with Crippen molar-refractivity contribution in [2.45, 2.75) is 19.9 Å². The summed E-state index contributed by atoms with van der Waals surface area (Å²) < 4.78 is 6.84. The summed E-state index contributed by atoms with van der Waals surface area (Å²) in [6, 6.07) is 3.65. The number of imidazole rings is 1. The van der Waals surface area contributed by atoms with Crippen molar-refractivity contribution < 1.29 is 23.9 Å². The molecule has 0 radical (unpaired) electrons. The van der Waals surface area contributed by atoms with Gasteiger partial charge in [0.1, 0.15) is 18.1 Å². The molecule has 3 aromatic rings. The van der Waals surface area contributed by atoms with Gasteiger partial charge in [-0.1, -0.05) is 13.8 Å². The minimum atomic E-state index is -1.16. The first-order chi connectivity index (χ1) is 12.8. The summed E-state index contributed by atoms with van der Waals surface area (Å²) in [4.78, 5) is 43.7. The Morgan fingerprint density at radius 2 is 2.07 bits per heavy atom. The Morgan fingerprint density at radius 3 is 2.63 bits per heavy atom. The van der Waals surface area contributed by atoms with Crippen LogP contribution >= 0.6 is 0 Å². The van der Waals surface area contributed by atoms with E-state index < -0.39 is 23.8 Å². The fraction of sp³-hybridized carbons (Fsp3) is 0.235. The molecule has 0 saturated carbocycles. The Kier molecular flexibility index (Phi) is 4.63. The number of amides is 2. The molecule has 3 rings (SSSR count). The van der Waals surface area contributed by atoms with Crippen molar-refractivity contribution in [1.29, 1.82) is 0 Å². The van der Waals surface area contributed by atoms with Crippen LogP contribution in [0.25, 0.3) is 17.1 Å². The Morgan fingerprint density at radius 1 is 1.33 bits per heavy atom. The van der Waals surface area contributed by atoms with E-state index in [1.54, 1.807) is 26.0 Å². The molecule has 1 atom stereocenters. The molecule has 4 N–H and O–H groups in total. The first-order valence-electron chi connectivity index (χ1n) is 8.05. The lowest BCUT2D eigenvalue weighted by Crippen LogP contribution is -2.44. The summed E-state index contributed by atoms with van der Waals surface area (Å²) in [6.07, 6.45) is 2.79. The minimum absolute atomic E-state index is 0.0676. The van der Waals surface area contributed by atoms with Crippen molar-refractivity contribution in [2.75, 3.05) is 0 Å². The van der Waals surface area contributed by atoms with Crippen LogP contribution in [0.4, 0.5) is 0 Å². The molecule has 0 unspecified atom stereocenters. The molecule has 3 heterocycles. The molecule has 0 bridgehead atoms. The molecule has 0 aliphatic carbocycles. The van der Waals surface area contributed by atoms with Gasteiger partial charge in [0.15, 0.2) is 17.1 Å². The van der Waals surface area contributed by atoms with E-state index in [2.05, 4.69) is 15.3 Å². The third-order valence-electron chi connectivity index (χ3n) is 3.96. The Balaban J connectivity index is 2.13. The highest BCUT2D eigenvalue weighted by molar-refractivity contribution is 5.99. The molecule has 0 fully saturated rings. The molecule has 10 heteroatoms. The van der Waals surface area contributed by atoms with Gasteiger partial charge in [-0.2, -0.15) is 0 Å². The van der Waals surface area contributed by atoms with Gasteiger partial charge in [-0.05, 0) is 24.1 Å². The van der Waals surface area contributed by atoms with Crippen molar-refractivity contribution >= 4 is 23.4 Å². The van der Waals surface area contributed by atoms with E-state index in [0.717, 1.165) is 0 Å². The van der Waals surface area contributed by atoms with Crippen molar-refractivity contribution in [1.82, 2.24) is 19.7 Å². The number of hydrogen-bond acceptors (Lipinski definition) is 6. The zero-order chi connectivity index (χ0) is 19.7. The van der Waals surface area contributed by atoms with Gasteiger partial charge in [0.2, 0.25) is 0 Å². The first-order valence-corrected chi connectivity index (χ1v) is 8.05. The normalized spacial score (nSPS) is 12.3. The van der Waals surface area contributed by atoms with Gasteiger partial charge in [-0.25, -0.2) is 14.8 Å². The van der Waals surface area contributed by atoms with Crippen LogP contribution in [0.2, 0.25) is 0 Å². The van der Waals surface area contributed by atoms with Gasteiger partial charge >= 0.3 is 5.97 Å². The number of hydrogen-bond donors (Lipinski definition) is 3. The number of carbonyl (C=O) groups excluding carboxylic acids is 2. The molecule has 10 nitrogen and oxygen atoms in total. The summed E-state index contributed by atoms with van der Waals surface area (Å²) in [6.45, 7) is 3.35. The first kappa shape index (κ1) is 18.1. The number of aliphatic carboxylic acids is 1. The summed E-state index contributed by atoms with van der Waals surface area (Å²) in [5.74, 6) is -2.60. The third-order valence-corrected chi connectivity index (χ3v) is 3.96. The molecular weight excluding hydrogens is 354 g/mol. The maximum absolute atomic E-state index is 12.6. The number of aromatic nitrogens is 3. The molecule has 0 aliphatic rings. The smallest absolute Gasteiger partial charge is 0.326 e. The second-order valence-corrected chi connectivity index (χ2v) is 6.19. The maximum Gasteiger partial charge on any atom is 0.326 e. The van der Waals surface area contributed by atoms with Crippen molar-refractivity contribution in [3.8, 4) is 11.5 Å². The molecule has 27 heavy (non-hydrogen) atoms. The number of furan rings is 1. The van der Waals surface area contributed by atoms with Crippen molar-refractivity contribution in [3.63, 3.8) is 0 Å². The van der Waals surface area contributed by atoms with E-state index in [1.807, 2.05) is 0 Å². The van der Waals surface area contributed by atoms with E-state index in [9.17, 15) is 19.5 Å². The predicted octanol–water partition coefficient (Wildman–Crippen LogP) is 0.927. The van der Waals surface area contributed by atoms with Crippen LogP contribution in [0.3, 0.4) is 0 Å².